The molecule has 0 bridgehead atoms. The monoisotopic (exact) mass is 456 g/mol. The number of benzene rings is 2. The fourth-order valence-corrected chi connectivity index (χ4v) is 3.66. The fourth-order valence-electron chi connectivity index (χ4n) is 3.49. The Kier molecular flexibility index (Phi) is 8.11. The maximum Gasteiger partial charge on any atom is 0.255 e. The van der Waals surface area contributed by atoms with Gasteiger partial charge in [0.15, 0.2) is 0 Å². The van der Waals surface area contributed by atoms with Crippen molar-refractivity contribution in [1.29, 1.82) is 0 Å². The van der Waals surface area contributed by atoms with Crippen LogP contribution in [0.15, 0.2) is 42.5 Å². The summed E-state index contributed by atoms with van der Waals surface area (Å²) in [5.41, 5.74) is 1.82. The second-order valence-corrected chi connectivity index (χ2v) is 8.68. The van der Waals surface area contributed by atoms with Crippen LogP contribution in [0.5, 0.6) is 0 Å². The first-order chi connectivity index (χ1) is 15.3. The van der Waals surface area contributed by atoms with Crippen molar-refractivity contribution in [2.45, 2.75) is 26.7 Å². The van der Waals surface area contributed by atoms with Gasteiger partial charge in [-0.3, -0.25) is 14.4 Å². The van der Waals surface area contributed by atoms with Crippen LogP contribution < -0.4 is 16.0 Å². The molecule has 0 spiro atoms. The second kappa shape index (κ2) is 11.0. The zero-order chi connectivity index (χ0) is 23.1. The molecule has 1 aliphatic heterocycles. The van der Waals surface area contributed by atoms with Gasteiger partial charge in [-0.1, -0.05) is 37.6 Å². The van der Waals surface area contributed by atoms with Gasteiger partial charge in [-0.05, 0) is 49.1 Å². The SMILES string of the molecule is CC(C)CNC(=O)c1ccccc1NC(=O)CNc1cc(Cl)ccc1C(=O)N1CCCC1. The Morgan fingerprint density at radius 1 is 1.00 bits per heavy atom. The lowest BCUT2D eigenvalue weighted by atomic mass is 10.1. The third-order valence-corrected chi connectivity index (χ3v) is 5.40. The van der Waals surface area contributed by atoms with E-state index in [0.717, 1.165) is 25.9 Å². The molecule has 8 heteroatoms. The molecule has 0 aliphatic carbocycles. The number of hydrogen-bond acceptors (Lipinski definition) is 4. The summed E-state index contributed by atoms with van der Waals surface area (Å²) >= 11 is 6.12. The van der Waals surface area contributed by atoms with E-state index < -0.39 is 0 Å². The number of anilines is 2. The smallest absolute Gasteiger partial charge is 0.255 e. The largest absolute Gasteiger partial charge is 0.375 e. The average Bonchev–Trinajstić information content (AvgIpc) is 3.31. The summed E-state index contributed by atoms with van der Waals surface area (Å²) in [6.07, 6.45) is 1.99. The molecule has 2 aromatic carbocycles. The molecule has 3 rings (SSSR count). The van der Waals surface area contributed by atoms with Crippen LogP contribution in [-0.4, -0.2) is 48.8 Å². The molecular formula is C24H29ClN4O3. The summed E-state index contributed by atoms with van der Waals surface area (Å²) < 4.78 is 0. The number of halogens is 1. The molecule has 1 fully saturated rings. The number of nitrogens with one attached hydrogen (secondary N) is 3. The van der Waals surface area contributed by atoms with Crippen molar-refractivity contribution in [2.24, 2.45) is 5.92 Å². The number of likely N-dealkylation sites (tertiary alicyclic amines) is 1. The van der Waals surface area contributed by atoms with Gasteiger partial charge in [0, 0.05) is 30.3 Å². The number of hydrogen-bond donors (Lipinski definition) is 3. The van der Waals surface area contributed by atoms with Crippen LogP contribution >= 0.6 is 11.6 Å². The Hall–Kier alpha value is -3.06. The molecule has 0 saturated carbocycles. The van der Waals surface area contributed by atoms with Gasteiger partial charge in [0.2, 0.25) is 5.91 Å². The minimum atomic E-state index is -0.339. The van der Waals surface area contributed by atoms with Gasteiger partial charge in [0.1, 0.15) is 0 Å². The molecule has 1 aliphatic rings. The van der Waals surface area contributed by atoms with Gasteiger partial charge in [-0.2, -0.15) is 0 Å². The number of rotatable bonds is 8. The first-order valence-electron chi connectivity index (χ1n) is 10.8. The first kappa shape index (κ1) is 23.6. The highest BCUT2D eigenvalue weighted by Gasteiger charge is 2.22. The van der Waals surface area contributed by atoms with E-state index in [1.54, 1.807) is 47.4 Å². The second-order valence-electron chi connectivity index (χ2n) is 8.24. The van der Waals surface area contributed by atoms with Crippen LogP contribution in [0.2, 0.25) is 5.02 Å². The van der Waals surface area contributed by atoms with E-state index in [4.69, 9.17) is 11.6 Å². The zero-order valence-electron chi connectivity index (χ0n) is 18.4. The molecule has 0 atom stereocenters. The van der Waals surface area contributed by atoms with Crippen molar-refractivity contribution in [3.8, 4) is 0 Å². The Morgan fingerprint density at radius 2 is 1.72 bits per heavy atom. The van der Waals surface area contributed by atoms with Crippen molar-refractivity contribution in [3.63, 3.8) is 0 Å². The van der Waals surface area contributed by atoms with Crippen LogP contribution in [-0.2, 0) is 4.79 Å². The van der Waals surface area contributed by atoms with E-state index in [9.17, 15) is 14.4 Å². The van der Waals surface area contributed by atoms with Crippen LogP contribution in [0.1, 0.15) is 47.4 Å². The van der Waals surface area contributed by atoms with Gasteiger partial charge in [-0.15, -0.1) is 0 Å². The molecule has 0 unspecified atom stereocenters. The van der Waals surface area contributed by atoms with E-state index in [2.05, 4.69) is 16.0 Å². The summed E-state index contributed by atoms with van der Waals surface area (Å²) in [4.78, 5) is 39.7. The molecule has 2 aromatic rings. The summed E-state index contributed by atoms with van der Waals surface area (Å²) in [6, 6.07) is 11.9. The quantitative estimate of drug-likeness (QED) is 0.559. The van der Waals surface area contributed by atoms with Crippen LogP contribution in [0.3, 0.4) is 0 Å². The molecule has 170 valence electrons. The highest BCUT2D eigenvalue weighted by molar-refractivity contribution is 6.31. The summed E-state index contributed by atoms with van der Waals surface area (Å²) in [5.74, 6) is -0.334. The topological polar surface area (TPSA) is 90.5 Å². The number of carbonyl (C=O) groups is 3. The fraction of sp³-hybridized carbons (Fsp3) is 0.375. The number of amides is 3. The Morgan fingerprint density at radius 3 is 2.44 bits per heavy atom. The van der Waals surface area contributed by atoms with Crippen molar-refractivity contribution >= 4 is 40.7 Å². The zero-order valence-corrected chi connectivity index (χ0v) is 19.2. The predicted molar refractivity (Wildman–Crippen MR) is 127 cm³/mol. The first-order valence-corrected chi connectivity index (χ1v) is 11.2. The van der Waals surface area contributed by atoms with Gasteiger partial charge in [0.25, 0.3) is 11.8 Å². The lowest BCUT2D eigenvalue weighted by Gasteiger charge is -2.19. The molecule has 0 radical (unpaired) electrons. The molecule has 0 aromatic heterocycles. The molecule has 3 amide bonds. The minimum Gasteiger partial charge on any atom is -0.375 e. The summed E-state index contributed by atoms with van der Waals surface area (Å²) in [6.45, 7) is 5.96. The van der Waals surface area contributed by atoms with Gasteiger partial charge >= 0.3 is 0 Å². The third-order valence-electron chi connectivity index (χ3n) is 5.16. The number of nitrogens with zero attached hydrogens (tertiary/aromatic N) is 1. The number of carbonyl (C=O) groups excluding carboxylic acids is 3. The molecule has 7 nitrogen and oxygen atoms in total. The van der Waals surface area contributed by atoms with Crippen LogP contribution in [0.4, 0.5) is 11.4 Å². The van der Waals surface area contributed by atoms with Crippen LogP contribution in [0, 0.1) is 5.92 Å². The summed E-state index contributed by atoms with van der Waals surface area (Å²) in [7, 11) is 0. The maximum absolute atomic E-state index is 12.8. The molecular weight excluding hydrogens is 428 g/mol. The van der Waals surface area contributed by atoms with E-state index in [1.807, 2.05) is 13.8 Å². The highest BCUT2D eigenvalue weighted by atomic mass is 35.5. The lowest BCUT2D eigenvalue weighted by molar-refractivity contribution is -0.114. The molecule has 1 heterocycles. The normalized spacial score (nSPS) is 13.2. The van der Waals surface area contributed by atoms with Gasteiger partial charge < -0.3 is 20.9 Å². The molecule has 32 heavy (non-hydrogen) atoms. The van der Waals surface area contributed by atoms with E-state index in [0.29, 0.717) is 40.0 Å². The van der Waals surface area contributed by atoms with Gasteiger partial charge in [-0.25, -0.2) is 0 Å². The van der Waals surface area contributed by atoms with Crippen molar-refractivity contribution in [3.05, 3.63) is 58.6 Å². The van der Waals surface area contributed by atoms with E-state index >= 15 is 0 Å². The third kappa shape index (κ3) is 6.23. The van der Waals surface area contributed by atoms with E-state index in [1.165, 1.54) is 0 Å². The van der Waals surface area contributed by atoms with Crippen LogP contribution in [0.25, 0.3) is 0 Å². The number of para-hydroxylation sites is 1. The Labute approximate surface area is 193 Å². The van der Waals surface area contributed by atoms with Gasteiger partial charge in [0.05, 0.1) is 23.4 Å². The average molecular weight is 457 g/mol. The van der Waals surface area contributed by atoms with Crippen molar-refractivity contribution in [1.82, 2.24) is 10.2 Å². The van der Waals surface area contributed by atoms with E-state index in [-0.39, 0.29) is 24.3 Å². The minimum absolute atomic E-state index is 0.0748. The standard InChI is InChI=1S/C24H29ClN4O3/c1-16(2)14-27-23(31)18-7-3-4-8-20(18)28-22(30)15-26-21-13-17(25)9-10-19(21)24(32)29-11-5-6-12-29/h3-4,7-10,13,16,26H,5-6,11-12,14-15H2,1-2H3,(H,27,31)(H,28,30). The summed E-state index contributed by atoms with van der Waals surface area (Å²) in [5, 5.41) is 9.13. The lowest BCUT2D eigenvalue weighted by Crippen LogP contribution is -2.30. The molecule has 3 N–H and O–H groups in total. The van der Waals surface area contributed by atoms with Crippen molar-refractivity contribution in [2.75, 3.05) is 36.8 Å². The maximum atomic E-state index is 12.8. The molecule has 1 saturated heterocycles. The Bertz CT molecular complexity index is 987. The Balaban J connectivity index is 1.66. The predicted octanol–water partition coefficient (Wildman–Crippen LogP) is 4.01. The highest BCUT2D eigenvalue weighted by Crippen LogP contribution is 2.24. The van der Waals surface area contributed by atoms with Crippen molar-refractivity contribution < 1.29 is 14.4 Å².